The molecule has 2 N–H and O–H groups in total. The van der Waals surface area contributed by atoms with E-state index in [0.717, 1.165) is 0 Å². The Morgan fingerprint density at radius 2 is 1.00 bits per heavy atom. The summed E-state index contributed by atoms with van der Waals surface area (Å²) >= 11 is 0. The zero-order chi connectivity index (χ0) is 5.15. The standard InChI is InChI=1S/C2H2O4.2Ca.Na.H2O/c3-1(4)2(5)6;;;;/h(H,3,4)(H,5,6);;;;1H2/q;2*+2;+1;/p-2. The van der Waals surface area contributed by atoms with Gasteiger partial charge >= 0.3 is 105 Å². The van der Waals surface area contributed by atoms with Crippen molar-refractivity contribution in [3.05, 3.63) is 0 Å². The van der Waals surface area contributed by atoms with Gasteiger partial charge in [-0.25, -0.2) is 0 Å². The summed E-state index contributed by atoms with van der Waals surface area (Å²) < 4.78 is 0. The van der Waals surface area contributed by atoms with Gasteiger partial charge < -0.3 is 25.3 Å². The number of hydrogen-bond donors (Lipinski definition) is 0. The summed E-state index contributed by atoms with van der Waals surface area (Å²) in [4.78, 5) is 17.9. The maximum absolute atomic E-state index is 8.93. The Hall–Kier alpha value is 2.42. The third-order valence-corrected chi connectivity index (χ3v) is 0.167. The fourth-order valence-corrected chi connectivity index (χ4v) is 0. The van der Waals surface area contributed by atoms with Gasteiger partial charge in [-0.1, -0.05) is 0 Å². The van der Waals surface area contributed by atoms with Crippen LogP contribution in [0, 0.1) is 0 Å². The fraction of sp³-hybridized carbons (Fsp3) is 0. The molecule has 10 heavy (non-hydrogen) atoms. The molecule has 0 aliphatic rings. The Bertz CT molecular complexity index is 83.6. The minimum atomic E-state index is -2.19. The summed E-state index contributed by atoms with van der Waals surface area (Å²) in [5, 5.41) is 17.9. The van der Waals surface area contributed by atoms with E-state index < -0.39 is 11.9 Å². The average Bonchev–Trinajstić information content (AvgIpc) is 1.36. The molecule has 0 spiro atoms. The van der Waals surface area contributed by atoms with Crippen molar-refractivity contribution in [3.8, 4) is 0 Å². The summed E-state index contributed by atoms with van der Waals surface area (Å²) in [7, 11) is 0. The smallest absolute Gasteiger partial charge is 0.543 e. The molecule has 5 nitrogen and oxygen atoms in total. The molecule has 0 saturated carbocycles. The monoisotopic (exact) mass is 209 g/mol. The van der Waals surface area contributed by atoms with Crippen LogP contribution in [-0.2, 0) is 9.59 Å². The number of carbonyl (C=O) groups is 2. The molecule has 0 aromatic rings. The zero-order valence-corrected chi connectivity index (χ0v) is 12.0. The van der Waals surface area contributed by atoms with Gasteiger partial charge in [0.2, 0.25) is 0 Å². The number of hydrogen-bond acceptors (Lipinski definition) is 4. The second-order valence-corrected chi connectivity index (χ2v) is 0.575. The molecule has 0 aliphatic carbocycles. The van der Waals surface area contributed by atoms with Crippen LogP contribution in [0.3, 0.4) is 0 Å². The maximum atomic E-state index is 8.93. The van der Waals surface area contributed by atoms with Gasteiger partial charge in [0.1, 0.15) is 0 Å². The van der Waals surface area contributed by atoms with Crippen molar-refractivity contribution in [2.45, 2.75) is 0 Å². The number of carboxylic acid groups (broad SMARTS) is 2. The average molecular weight is 209 g/mol. The van der Waals surface area contributed by atoms with E-state index in [1.165, 1.54) is 0 Å². The topological polar surface area (TPSA) is 112 Å². The summed E-state index contributed by atoms with van der Waals surface area (Å²) in [6.45, 7) is 0. The quantitative estimate of drug-likeness (QED) is 0.291. The normalized spacial score (nSPS) is 4.40. The van der Waals surface area contributed by atoms with Crippen LogP contribution in [-0.4, -0.2) is 92.9 Å². The molecule has 0 unspecified atom stereocenters. The third kappa shape index (κ3) is 22.4. The van der Waals surface area contributed by atoms with Gasteiger partial charge in [0.05, 0.1) is 11.9 Å². The first-order chi connectivity index (χ1) is 2.64. The molecular formula is C2H2Ca2NaO5+3. The van der Waals surface area contributed by atoms with Gasteiger partial charge in [-0.05, 0) is 0 Å². The SMILES string of the molecule is O.O=C([O-])C(=O)[O-].[Ca+2].[Ca+2].[Na+]. The number of rotatable bonds is 0. The van der Waals surface area contributed by atoms with Crippen LogP contribution in [0.25, 0.3) is 0 Å². The first kappa shape index (κ1) is 29.4. The van der Waals surface area contributed by atoms with E-state index >= 15 is 0 Å². The summed E-state index contributed by atoms with van der Waals surface area (Å²) in [6.07, 6.45) is 0. The van der Waals surface area contributed by atoms with Crippen molar-refractivity contribution in [3.63, 3.8) is 0 Å². The van der Waals surface area contributed by atoms with E-state index in [-0.39, 0.29) is 111 Å². The van der Waals surface area contributed by atoms with Crippen molar-refractivity contribution in [1.82, 2.24) is 0 Å². The molecule has 0 fully saturated rings. The van der Waals surface area contributed by atoms with Gasteiger partial charge in [-0.3, -0.25) is 0 Å². The molecule has 0 aromatic carbocycles. The maximum Gasteiger partial charge on any atom is 2.00 e. The van der Waals surface area contributed by atoms with Crippen molar-refractivity contribution >= 4 is 87.4 Å². The molecule has 0 bridgehead atoms. The second-order valence-electron chi connectivity index (χ2n) is 0.575. The Morgan fingerprint density at radius 1 is 0.900 bits per heavy atom. The Labute approximate surface area is 139 Å². The van der Waals surface area contributed by atoms with E-state index in [4.69, 9.17) is 19.8 Å². The van der Waals surface area contributed by atoms with Crippen LogP contribution in [0.1, 0.15) is 0 Å². The Kier molecular flexibility index (Phi) is 51.5. The van der Waals surface area contributed by atoms with Gasteiger partial charge in [0.15, 0.2) is 0 Å². The number of carboxylic acids is 2. The van der Waals surface area contributed by atoms with Crippen molar-refractivity contribution in [1.29, 1.82) is 0 Å². The minimum absolute atomic E-state index is 0. The second kappa shape index (κ2) is 17.5. The largest absolute Gasteiger partial charge is 2.00 e. The van der Waals surface area contributed by atoms with E-state index in [9.17, 15) is 0 Å². The first-order valence-electron chi connectivity index (χ1n) is 1.07. The summed E-state index contributed by atoms with van der Waals surface area (Å²) in [5.41, 5.74) is 0. The van der Waals surface area contributed by atoms with Crippen molar-refractivity contribution < 1.29 is 54.8 Å². The molecular weight excluding hydrogens is 207 g/mol. The molecule has 0 aromatic heterocycles. The molecule has 0 aliphatic heterocycles. The van der Waals surface area contributed by atoms with E-state index in [2.05, 4.69) is 0 Å². The molecule has 0 saturated heterocycles. The first-order valence-corrected chi connectivity index (χ1v) is 1.07. The van der Waals surface area contributed by atoms with Crippen molar-refractivity contribution in [2.24, 2.45) is 0 Å². The molecule has 42 valence electrons. The summed E-state index contributed by atoms with van der Waals surface area (Å²) in [6, 6.07) is 0. The Balaban J connectivity index is -0.0000000208. The molecule has 0 radical (unpaired) electrons. The van der Waals surface area contributed by atoms with Gasteiger partial charge in [-0.15, -0.1) is 0 Å². The van der Waals surface area contributed by atoms with Crippen LogP contribution in [0.2, 0.25) is 0 Å². The van der Waals surface area contributed by atoms with Crippen LogP contribution >= 0.6 is 0 Å². The van der Waals surface area contributed by atoms with Crippen LogP contribution in [0.15, 0.2) is 0 Å². The van der Waals surface area contributed by atoms with E-state index in [0.29, 0.717) is 0 Å². The fourth-order valence-electron chi connectivity index (χ4n) is 0. The number of carbonyl (C=O) groups excluding carboxylic acids is 2. The molecule has 0 atom stereocenters. The predicted molar refractivity (Wildman–Crippen MR) is 25.1 cm³/mol. The zero-order valence-electron chi connectivity index (χ0n) is 5.55. The molecule has 8 heteroatoms. The number of aliphatic carboxylic acids is 2. The van der Waals surface area contributed by atoms with E-state index in [1.807, 2.05) is 0 Å². The van der Waals surface area contributed by atoms with Gasteiger partial charge in [0, 0.05) is 0 Å². The molecule has 0 heterocycles. The van der Waals surface area contributed by atoms with Gasteiger partial charge in [-0.2, -0.15) is 0 Å². The van der Waals surface area contributed by atoms with Crippen LogP contribution in [0.5, 0.6) is 0 Å². The predicted octanol–water partition coefficient (Wildman–Crippen LogP) is -8.10. The van der Waals surface area contributed by atoms with Crippen LogP contribution < -0.4 is 39.8 Å². The Morgan fingerprint density at radius 3 is 1.00 bits per heavy atom. The third-order valence-electron chi connectivity index (χ3n) is 0.167. The van der Waals surface area contributed by atoms with Crippen molar-refractivity contribution in [2.75, 3.05) is 0 Å². The summed E-state index contributed by atoms with van der Waals surface area (Å²) in [5.74, 6) is -4.37. The minimum Gasteiger partial charge on any atom is -0.543 e. The van der Waals surface area contributed by atoms with Crippen LogP contribution in [0.4, 0.5) is 0 Å². The van der Waals surface area contributed by atoms with Gasteiger partial charge in [0.25, 0.3) is 0 Å². The van der Waals surface area contributed by atoms with E-state index in [1.54, 1.807) is 0 Å². The molecule has 0 amide bonds. The molecule has 0 rings (SSSR count).